The Bertz CT molecular complexity index is 47.7. The molecule has 0 aromatic carbocycles. The quantitative estimate of drug-likeness (QED) is 0.288. The van der Waals surface area contributed by atoms with Crippen molar-refractivity contribution in [3.63, 3.8) is 0 Å². The first-order chi connectivity index (χ1) is 3.77. The van der Waals surface area contributed by atoms with Crippen molar-refractivity contribution in [3.8, 4) is 0 Å². The second-order valence-electron chi connectivity index (χ2n) is 1.73. The fourth-order valence-corrected chi connectivity index (χ4v) is 0.535. The first-order valence-corrected chi connectivity index (χ1v) is 3.35. The molecule has 0 aliphatic heterocycles. The van der Waals surface area contributed by atoms with Gasteiger partial charge in [-0.05, 0) is 14.0 Å². The molecule has 0 fully saturated rings. The van der Waals surface area contributed by atoms with Crippen LogP contribution in [0.4, 0.5) is 0 Å². The van der Waals surface area contributed by atoms with E-state index in [2.05, 4.69) is 23.3 Å². The zero-order valence-corrected chi connectivity index (χ0v) is 6.33. The van der Waals surface area contributed by atoms with Crippen LogP contribution in [0, 0.1) is 0 Å². The number of likely N-dealkylation sites (N-methyl/N-ethyl adjacent to an activating group) is 1. The van der Waals surface area contributed by atoms with Crippen molar-refractivity contribution >= 4 is 12.6 Å². The van der Waals surface area contributed by atoms with Crippen molar-refractivity contribution in [2.45, 2.75) is 12.3 Å². The van der Waals surface area contributed by atoms with Gasteiger partial charge in [0.15, 0.2) is 0 Å². The van der Waals surface area contributed by atoms with E-state index in [0.29, 0.717) is 5.37 Å². The van der Waals surface area contributed by atoms with Gasteiger partial charge in [0.2, 0.25) is 0 Å². The van der Waals surface area contributed by atoms with Gasteiger partial charge in [0.05, 0.1) is 0 Å². The molecule has 0 aliphatic rings. The van der Waals surface area contributed by atoms with Gasteiger partial charge in [0.25, 0.3) is 0 Å². The Morgan fingerprint density at radius 2 is 2.12 bits per heavy atom. The maximum atomic E-state index is 4.13. The van der Waals surface area contributed by atoms with Crippen LogP contribution in [-0.2, 0) is 0 Å². The summed E-state index contributed by atoms with van der Waals surface area (Å²) in [7, 11) is 1.94. The molecular weight excluding hydrogens is 120 g/mol. The Morgan fingerprint density at radius 3 is 2.50 bits per heavy atom. The van der Waals surface area contributed by atoms with Crippen LogP contribution < -0.4 is 10.6 Å². The molecule has 0 radical (unpaired) electrons. The zero-order valence-electron chi connectivity index (χ0n) is 5.44. The summed E-state index contributed by atoms with van der Waals surface area (Å²) in [6.45, 7) is 4.00. The lowest BCUT2D eigenvalue weighted by Crippen LogP contribution is -2.28. The normalized spacial score (nSPS) is 13.9. The molecule has 0 spiro atoms. The van der Waals surface area contributed by atoms with E-state index < -0.39 is 0 Å². The summed E-state index contributed by atoms with van der Waals surface area (Å²) in [5.74, 6) is 0. The fourth-order valence-electron chi connectivity index (χ4n) is 0.406. The van der Waals surface area contributed by atoms with Gasteiger partial charge in [-0.15, -0.1) is 0 Å². The molecule has 0 heterocycles. The van der Waals surface area contributed by atoms with Crippen molar-refractivity contribution in [2.75, 3.05) is 20.1 Å². The highest BCUT2D eigenvalue weighted by molar-refractivity contribution is 7.80. The number of nitrogens with one attached hydrogen (secondary N) is 2. The van der Waals surface area contributed by atoms with Crippen molar-refractivity contribution in [3.05, 3.63) is 0 Å². The maximum Gasteiger partial charge on any atom is 0.0474 e. The molecule has 0 saturated carbocycles. The topological polar surface area (TPSA) is 24.1 Å². The number of hydrogen-bond acceptors (Lipinski definition) is 3. The van der Waals surface area contributed by atoms with Crippen LogP contribution in [0.25, 0.3) is 0 Å². The van der Waals surface area contributed by atoms with Crippen LogP contribution in [0.5, 0.6) is 0 Å². The van der Waals surface area contributed by atoms with Crippen molar-refractivity contribution in [1.29, 1.82) is 0 Å². The summed E-state index contributed by atoms with van der Waals surface area (Å²) >= 11 is 4.13. The Morgan fingerprint density at radius 1 is 1.50 bits per heavy atom. The molecule has 2 nitrogen and oxygen atoms in total. The minimum absolute atomic E-state index is 0.309. The Balaban J connectivity index is 2.72. The lowest BCUT2D eigenvalue weighted by molar-refractivity contribution is 0.650. The Kier molecular flexibility index (Phi) is 5.59. The van der Waals surface area contributed by atoms with E-state index >= 15 is 0 Å². The lowest BCUT2D eigenvalue weighted by atomic mass is 10.6. The second kappa shape index (κ2) is 5.41. The van der Waals surface area contributed by atoms with Crippen molar-refractivity contribution in [1.82, 2.24) is 10.6 Å². The van der Waals surface area contributed by atoms with E-state index in [0.717, 1.165) is 13.1 Å². The van der Waals surface area contributed by atoms with Gasteiger partial charge in [-0.25, -0.2) is 0 Å². The van der Waals surface area contributed by atoms with Crippen LogP contribution in [0.3, 0.4) is 0 Å². The van der Waals surface area contributed by atoms with E-state index in [1.807, 2.05) is 14.0 Å². The number of thiol groups is 1. The molecule has 0 aromatic rings. The van der Waals surface area contributed by atoms with Gasteiger partial charge in [0, 0.05) is 18.5 Å². The molecule has 2 N–H and O–H groups in total. The highest BCUT2D eigenvalue weighted by Gasteiger charge is 1.87. The SMILES string of the molecule is CNCCN[C@@H](C)S. The molecular formula is C5H14N2S. The summed E-state index contributed by atoms with van der Waals surface area (Å²) in [6.07, 6.45) is 0. The van der Waals surface area contributed by atoms with E-state index in [4.69, 9.17) is 0 Å². The molecule has 0 unspecified atom stereocenters. The first kappa shape index (κ1) is 8.27. The summed E-state index contributed by atoms with van der Waals surface area (Å²) in [5, 5.41) is 6.48. The first-order valence-electron chi connectivity index (χ1n) is 2.83. The standard InChI is InChI=1S/C5H14N2S/c1-5(8)7-4-3-6-2/h5-8H,3-4H2,1-2H3/t5-/m1/s1. The highest BCUT2D eigenvalue weighted by atomic mass is 32.1. The third kappa shape index (κ3) is 6.27. The van der Waals surface area contributed by atoms with Gasteiger partial charge < -0.3 is 10.6 Å². The van der Waals surface area contributed by atoms with E-state index in [9.17, 15) is 0 Å². The Hall–Kier alpha value is 0.270. The van der Waals surface area contributed by atoms with Gasteiger partial charge in [-0.2, -0.15) is 12.6 Å². The zero-order chi connectivity index (χ0) is 6.41. The average Bonchev–Trinajstić information content (AvgIpc) is 1.66. The van der Waals surface area contributed by atoms with Crippen LogP contribution in [0.2, 0.25) is 0 Å². The predicted molar refractivity (Wildman–Crippen MR) is 40.4 cm³/mol. The molecule has 8 heavy (non-hydrogen) atoms. The third-order valence-electron chi connectivity index (χ3n) is 0.815. The molecule has 3 heteroatoms. The fraction of sp³-hybridized carbons (Fsp3) is 1.00. The predicted octanol–water partition coefficient (Wildman–Crippen LogP) is 0.0712. The minimum atomic E-state index is 0.309. The van der Waals surface area contributed by atoms with E-state index in [1.165, 1.54) is 0 Å². The van der Waals surface area contributed by atoms with Crippen molar-refractivity contribution < 1.29 is 0 Å². The summed E-state index contributed by atoms with van der Waals surface area (Å²) < 4.78 is 0. The monoisotopic (exact) mass is 134 g/mol. The second-order valence-corrected chi connectivity index (χ2v) is 2.51. The highest BCUT2D eigenvalue weighted by Crippen LogP contribution is 1.82. The maximum absolute atomic E-state index is 4.13. The number of hydrogen-bond donors (Lipinski definition) is 3. The smallest absolute Gasteiger partial charge is 0.0474 e. The van der Waals surface area contributed by atoms with E-state index in [1.54, 1.807) is 0 Å². The Labute approximate surface area is 56.5 Å². The van der Waals surface area contributed by atoms with Crippen LogP contribution in [0.1, 0.15) is 6.92 Å². The van der Waals surface area contributed by atoms with Gasteiger partial charge >= 0.3 is 0 Å². The molecule has 0 bridgehead atoms. The molecule has 50 valence electrons. The molecule has 0 saturated heterocycles. The largest absolute Gasteiger partial charge is 0.318 e. The number of rotatable bonds is 4. The van der Waals surface area contributed by atoms with Crippen LogP contribution in [0.15, 0.2) is 0 Å². The summed E-state index contributed by atoms with van der Waals surface area (Å²) in [6, 6.07) is 0. The van der Waals surface area contributed by atoms with Crippen LogP contribution >= 0.6 is 12.6 Å². The molecule has 0 aromatic heterocycles. The molecule has 0 rings (SSSR count). The molecule has 0 amide bonds. The molecule has 0 aliphatic carbocycles. The van der Waals surface area contributed by atoms with Gasteiger partial charge in [-0.3, -0.25) is 0 Å². The minimum Gasteiger partial charge on any atom is -0.318 e. The third-order valence-corrected chi connectivity index (χ3v) is 0.997. The molecule has 1 atom stereocenters. The lowest BCUT2D eigenvalue weighted by Gasteiger charge is -2.04. The van der Waals surface area contributed by atoms with E-state index in [-0.39, 0.29) is 0 Å². The summed E-state index contributed by atoms with van der Waals surface area (Å²) in [5.41, 5.74) is 0. The van der Waals surface area contributed by atoms with Gasteiger partial charge in [0.1, 0.15) is 0 Å². The van der Waals surface area contributed by atoms with Crippen LogP contribution in [-0.4, -0.2) is 25.5 Å². The van der Waals surface area contributed by atoms with Crippen molar-refractivity contribution in [2.24, 2.45) is 0 Å². The van der Waals surface area contributed by atoms with Gasteiger partial charge in [-0.1, -0.05) is 0 Å². The average molecular weight is 134 g/mol. The summed E-state index contributed by atoms with van der Waals surface area (Å²) in [4.78, 5) is 0.